The summed E-state index contributed by atoms with van der Waals surface area (Å²) in [5.41, 5.74) is 0. The second kappa shape index (κ2) is 28.7. The molecule has 1 fully saturated rings. The molecule has 4 unspecified atom stereocenters. The van der Waals surface area contributed by atoms with E-state index in [4.69, 9.17) is 34.7 Å². The first kappa shape index (κ1) is 50.4. The van der Waals surface area contributed by atoms with Gasteiger partial charge in [0.2, 0.25) is 0 Å². The smallest absolute Gasteiger partial charge is 0.456 e. The van der Waals surface area contributed by atoms with Gasteiger partial charge in [0, 0.05) is 12.3 Å². The van der Waals surface area contributed by atoms with Gasteiger partial charge in [-0.1, -0.05) is 84.0 Å². The Morgan fingerprint density at radius 1 is 0.625 bits per heavy atom. The van der Waals surface area contributed by atoms with Gasteiger partial charge in [0.1, 0.15) is 43.2 Å². The van der Waals surface area contributed by atoms with Crippen LogP contribution in [0.15, 0.2) is 0 Å². The van der Waals surface area contributed by atoms with Crippen molar-refractivity contribution in [2.24, 2.45) is 0 Å². The topological polar surface area (TPSA) is 256 Å². The third-order valence-electron chi connectivity index (χ3n) is 7.90. The molecule has 56 heavy (non-hydrogen) atoms. The predicted molar refractivity (Wildman–Crippen MR) is 200 cm³/mol. The zero-order valence-electron chi connectivity index (χ0n) is 31.1. The van der Waals surface area contributed by atoms with Crippen LogP contribution >= 0.6 is 15.6 Å². The number of carbonyl (C=O) groups is 2. The predicted octanol–water partition coefficient (Wildman–Crippen LogP) is 2.01. The van der Waals surface area contributed by atoms with Crippen LogP contribution in [0.4, 0.5) is 0 Å². The molecule has 1 aliphatic carbocycles. The molecular weight excluding hydrogens is 774 g/mol. The maximum Gasteiger partial charge on any atom is 0.472 e. The number of carbonyl (C=O) groups excluding carboxylic acids is 2. The van der Waals surface area contributed by atoms with Gasteiger partial charge in [-0.2, -0.15) is 0 Å². The van der Waals surface area contributed by atoms with Crippen LogP contribution < -0.4 is 0 Å². The number of hydrogen-bond donors (Lipinski definition) is 7. The summed E-state index contributed by atoms with van der Waals surface area (Å²) in [6, 6.07) is 0. The Morgan fingerprint density at radius 3 is 1.59 bits per heavy atom. The summed E-state index contributed by atoms with van der Waals surface area (Å²) in [6.45, 7) is 0.517. The van der Waals surface area contributed by atoms with Crippen molar-refractivity contribution in [2.75, 3.05) is 13.2 Å². The van der Waals surface area contributed by atoms with E-state index >= 15 is 0 Å². The fourth-order valence-electron chi connectivity index (χ4n) is 5.14. The molecule has 0 aromatic heterocycles. The molecule has 16 nitrogen and oxygen atoms in total. The molecule has 0 radical (unpaired) electrons. The minimum atomic E-state index is -5.39. The van der Waals surface area contributed by atoms with Gasteiger partial charge in [-0.25, -0.2) is 13.9 Å². The molecule has 1 saturated carbocycles. The van der Waals surface area contributed by atoms with E-state index in [1.807, 2.05) is 5.92 Å². The van der Waals surface area contributed by atoms with Crippen LogP contribution in [0, 0.1) is 71.5 Å². The number of phosphoric ester groups is 2. The molecule has 0 amide bonds. The molecule has 308 valence electrons. The largest absolute Gasteiger partial charge is 0.472 e. The Morgan fingerprint density at radius 2 is 1.09 bits per heavy atom. The fourth-order valence-corrected chi connectivity index (χ4v) is 6.68. The van der Waals surface area contributed by atoms with Crippen molar-refractivity contribution in [1.29, 1.82) is 0 Å². The van der Waals surface area contributed by atoms with E-state index < -0.39 is 83.5 Å². The van der Waals surface area contributed by atoms with Crippen molar-refractivity contribution >= 4 is 27.6 Å². The first-order valence-electron chi connectivity index (χ1n) is 18.1. The minimum absolute atomic E-state index is 0.0333. The number of ether oxygens (including phenoxy) is 2. The first-order chi connectivity index (χ1) is 26.6. The number of esters is 2. The molecule has 8 atom stereocenters. The molecule has 0 spiro atoms. The molecule has 7 N–H and O–H groups in total. The second-order valence-corrected chi connectivity index (χ2v) is 15.1. The Kier molecular flexibility index (Phi) is 25.8. The lowest BCUT2D eigenvalue weighted by Crippen LogP contribution is -2.64. The van der Waals surface area contributed by atoms with E-state index in [0.29, 0.717) is 6.42 Å². The molecule has 0 heterocycles. The molecule has 1 rings (SSSR count). The van der Waals surface area contributed by atoms with Gasteiger partial charge >= 0.3 is 27.6 Å². The van der Waals surface area contributed by atoms with Gasteiger partial charge in [-0.15, -0.1) is 6.42 Å². The molecule has 0 aromatic carbocycles. The van der Waals surface area contributed by atoms with Crippen LogP contribution in [-0.2, 0) is 41.8 Å². The summed E-state index contributed by atoms with van der Waals surface area (Å²) in [4.78, 5) is 53.4. The lowest BCUT2D eigenvalue weighted by molar-refractivity contribution is -0.216. The highest BCUT2D eigenvalue weighted by molar-refractivity contribution is 7.47. The summed E-state index contributed by atoms with van der Waals surface area (Å²) in [5.74, 6) is 23.0. The molecule has 0 saturated heterocycles. The summed E-state index contributed by atoms with van der Waals surface area (Å²) >= 11 is 0. The van der Waals surface area contributed by atoms with Crippen molar-refractivity contribution in [3.8, 4) is 71.5 Å². The van der Waals surface area contributed by atoms with Crippen LogP contribution in [0.5, 0.6) is 0 Å². The summed E-state index contributed by atoms with van der Waals surface area (Å²) in [7, 11) is -10.8. The lowest BCUT2D eigenvalue weighted by Gasteiger charge is -2.43. The highest BCUT2D eigenvalue weighted by atomic mass is 31.2. The molecule has 0 bridgehead atoms. The van der Waals surface area contributed by atoms with Gasteiger partial charge in [0.15, 0.2) is 6.10 Å². The van der Waals surface area contributed by atoms with Crippen LogP contribution in [0.2, 0.25) is 0 Å². The maximum atomic E-state index is 12.8. The minimum Gasteiger partial charge on any atom is -0.456 e. The molecular formula is C38H50O16P2. The molecule has 1 aliphatic rings. The number of hydrogen-bond acceptors (Lipinski definition) is 13. The Labute approximate surface area is 328 Å². The normalized spacial score (nSPS) is 21.5. The third-order valence-corrected chi connectivity index (χ3v) is 9.41. The van der Waals surface area contributed by atoms with Crippen molar-refractivity contribution in [2.45, 2.75) is 140 Å². The average molecular weight is 825 g/mol. The molecule has 18 heteroatoms. The number of terminal acetylenes is 1. The SMILES string of the molecule is C#CC#CC#CC#CC#CC#CC(=O)OC[C@H](COP(=O)(O)OC1C(O)[C@@H](OP(=O)(O)O)C(O)[C@@H](O)[C@H]1O)OC(=O)CCCCCCCCCCCCCCC. The third kappa shape index (κ3) is 23.4. The standard InChI is InChI=1S/C38H50O16P2/c1-3-5-7-9-11-13-15-16-17-19-21-23-25-27-32(40)52-30(28-50-31(39)26-24-22-20-18-14-12-10-8-6-4-2)29-51-56(48,49)54-38-35(43)33(41)34(42)37(36(38)44)53-55(45,46)47/h2,30,33-38,41-44H,3,5,7,9,11,13,15-17,19,21,23,25,27-29H2,1H3,(H,48,49)(H2,45,46,47)/t30-,33-,34?,35-,36?,37+,38?/m1/s1. The zero-order valence-corrected chi connectivity index (χ0v) is 32.9. The van der Waals surface area contributed by atoms with E-state index in [-0.39, 0.29) is 6.42 Å². The van der Waals surface area contributed by atoms with Crippen LogP contribution in [0.1, 0.15) is 96.8 Å². The van der Waals surface area contributed by atoms with E-state index in [9.17, 15) is 44.0 Å². The van der Waals surface area contributed by atoms with Gasteiger partial charge in [0.25, 0.3) is 0 Å². The highest BCUT2D eigenvalue weighted by Crippen LogP contribution is 2.49. The number of rotatable bonds is 24. The fraction of sp³-hybridized carbons (Fsp3) is 0.632. The Bertz CT molecular complexity index is 1690. The summed E-state index contributed by atoms with van der Waals surface area (Å²) < 4.78 is 48.4. The van der Waals surface area contributed by atoms with Gasteiger partial charge in [-0.05, 0) is 65.6 Å². The van der Waals surface area contributed by atoms with Gasteiger partial charge < -0.3 is 44.6 Å². The Balaban J connectivity index is 2.82. The van der Waals surface area contributed by atoms with E-state index in [0.717, 1.165) is 32.1 Å². The van der Waals surface area contributed by atoms with E-state index in [1.54, 1.807) is 0 Å². The Hall–Kier alpha value is -3.64. The monoisotopic (exact) mass is 824 g/mol. The van der Waals surface area contributed by atoms with Crippen LogP contribution in [-0.4, -0.2) is 103 Å². The average Bonchev–Trinajstić information content (AvgIpc) is 3.14. The summed E-state index contributed by atoms with van der Waals surface area (Å²) in [6.07, 6.45) is 3.86. The van der Waals surface area contributed by atoms with Gasteiger partial charge in [0.05, 0.1) is 6.61 Å². The number of aliphatic hydroxyl groups excluding tert-OH is 4. The van der Waals surface area contributed by atoms with E-state index in [1.165, 1.54) is 44.9 Å². The van der Waals surface area contributed by atoms with Crippen LogP contribution in [0.3, 0.4) is 0 Å². The number of aliphatic hydroxyl groups is 4. The van der Waals surface area contributed by atoms with Crippen LogP contribution in [0.25, 0.3) is 0 Å². The first-order valence-corrected chi connectivity index (χ1v) is 21.1. The summed E-state index contributed by atoms with van der Waals surface area (Å²) in [5, 5.41) is 40.9. The number of unbranched alkanes of at least 4 members (excludes halogenated alkanes) is 12. The van der Waals surface area contributed by atoms with Crippen molar-refractivity contribution < 1.29 is 76.9 Å². The number of phosphoric acid groups is 2. The van der Waals surface area contributed by atoms with Crippen molar-refractivity contribution in [3.05, 3.63) is 0 Å². The zero-order chi connectivity index (χ0) is 41.8. The van der Waals surface area contributed by atoms with E-state index in [2.05, 4.69) is 70.7 Å². The molecule has 0 aromatic rings. The second-order valence-electron chi connectivity index (χ2n) is 12.5. The quantitative estimate of drug-likeness (QED) is 0.0242. The van der Waals surface area contributed by atoms with Gasteiger partial charge in [-0.3, -0.25) is 18.4 Å². The van der Waals surface area contributed by atoms with Crippen molar-refractivity contribution in [3.63, 3.8) is 0 Å². The maximum absolute atomic E-state index is 12.8. The van der Waals surface area contributed by atoms with Crippen molar-refractivity contribution in [1.82, 2.24) is 0 Å². The molecule has 0 aliphatic heterocycles. The highest BCUT2D eigenvalue weighted by Gasteiger charge is 2.54. The lowest BCUT2D eigenvalue weighted by atomic mass is 9.85.